The highest BCUT2D eigenvalue weighted by Gasteiger charge is 2.21. The molecule has 0 unspecified atom stereocenters. The zero-order chi connectivity index (χ0) is 55.4. The molecule has 17 nitrogen and oxygen atoms in total. The zero-order valence-corrected chi connectivity index (χ0v) is 44.4. The Labute approximate surface area is 439 Å². The molecule has 0 atom stereocenters. The number of carboxylic acid groups (broad SMARTS) is 1. The lowest BCUT2D eigenvalue weighted by Crippen LogP contribution is -2.38. The second-order valence-corrected chi connectivity index (χ2v) is 16.2. The number of ether oxygens (including phenoxy) is 4. The minimum absolute atomic E-state index is 0.0257. The predicted molar refractivity (Wildman–Crippen MR) is 296 cm³/mol. The van der Waals surface area contributed by atoms with Gasteiger partial charge in [-0.15, -0.1) is 38.5 Å². The summed E-state index contributed by atoms with van der Waals surface area (Å²) < 4.78 is 20.8. The van der Waals surface area contributed by atoms with Crippen LogP contribution in [-0.2, 0) is 53.1 Å². The van der Waals surface area contributed by atoms with E-state index in [0.717, 1.165) is 115 Å². The molecule has 3 aliphatic rings. The highest BCUT2D eigenvalue weighted by molar-refractivity contribution is 5.98. The molecule has 5 heterocycles. The minimum atomic E-state index is -0.250. The fraction of sp³-hybridized carbons (Fsp3) is 0.439. The number of fused-ring (bicyclic) bond motifs is 5. The van der Waals surface area contributed by atoms with E-state index in [0.29, 0.717) is 38.5 Å². The fourth-order valence-corrected chi connectivity index (χ4v) is 7.47. The smallest absolute Gasteiger partial charge is 0.290 e. The average Bonchev–Trinajstić information content (AvgIpc) is 4.14. The molecule has 2 aromatic heterocycles. The summed E-state index contributed by atoms with van der Waals surface area (Å²) in [4.78, 5) is 60.8. The Morgan fingerprint density at radius 1 is 0.757 bits per heavy atom. The second kappa shape index (κ2) is 43.3. The van der Waals surface area contributed by atoms with Gasteiger partial charge in [0.1, 0.15) is 30.3 Å². The summed E-state index contributed by atoms with van der Waals surface area (Å²) in [6.45, 7) is 11.6. The third kappa shape index (κ3) is 24.9. The summed E-state index contributed by atoms with van der Waals surface area (Å²) in [5.41, 5.74) is 7.40. The van der Waals surface area contributed by atoms with E-state index in [2.05, 4.69) is 141 Å². The maximum absolute atomic E-state index is 12.5. The Morgan fingerprint density at radius 3 is 1.73 bits per heavy atom. The van der Waals surface area contributed by atoms with Gasteiger partial charge in [-0.1, -0.05) is 44.2 Å². The van der Waals surface area contributed by atoms with E-state index in [9.17, 15) is 14.4 Å². The van der Waals surface area contributed by atoms with Crippen LogP contribution in [0, 0.1) is 38.5 Å². The lowest BCUT2D eigenvalue weighted by molar-refractivity contribution is -0.132. The number of benzene rings is 3. The molecule has 17 heteroatoms. The van der Waals surface area contributed by atoms with Crippen LogP contribution in [-0.4, -0.2) is 141 Å². The molecule has 2 fully saturated rings. The summed E-state index contributed by atoms with van der Waals surface area (Å²) >= 11 is 0. The van der Waals surface area contributed by atoms with Gasteiger partial charge in [0.2, 0.25) is 12.3 Å². The fourth-order valence-electron chi connectivity index (χ4n) is 7.47. The largest absolute Gasteiger partial charge is 0.488 e. The Balaban J connectivity index is 0.00000150. The van der Waals surface area contributed by atoms with E-state index in [-0.39, 0.29) is 18.9 Å². The Kier molecular flexibility index (Phi) is 39.0. The summed E-state index contributed by atoms with van der Waals surface area (Å²) in [6.07, 6.45) is 38.9. The number of H-pyrrole nitrogens is 2. The van der Waals surface area contributed by atoms with Gasteiger partial charge >= 0.3 is 0 Å². The first kappa shape index (κ1) is 66.7. The quantitative estimate of drug-likeness (QED) is 0.0498. The molecule has 2 saturated heterocycles. The van der Waals surface area contributed by atoms with Gasteiger partial charge < -0.3 is 54.3 Å². The summed E-state index contributed by atoms with van der Waals surface area (Å²) in [6, 6.07) is 17.1. The van der Waals surface area contributed by atoms with Crippen LogP contribution in [0.25, 0.3) is 44.4 Å². The number of carbonyl (C=O) groups is 4. The van der Waals surface area contributed by atoms with Gasteiger partial charge in [0, 0.05) is 63.7 Å². The Bertz CT molecular complexity index is 2300. The Hall–Kier alpha value is -7.30. The number of likely N-dealkylation sites (N-methyl/N-ethyl adjacent to an activating group) is 1. The SMILES string of the molecule is C#C.C#C.C#C.C1CCOCC1.C1CCOCC1.CCCN(C)Cc1ncc(-c2ccc3c(c2)COc2c-3ccc3cc(-c4cnc(CN(CCC)C(=O)CNC=O)[nH]4)ccc23)[nH]1.CNCC=O.COC.O=CO. The third-order valence-electron chi connectivity index (χ3n) is 10.6. The standard InChI is InChI=1S/C35H39N7O3.2C5H10O.C3H7NO.C2H6O.3C2H2.CH2O2/c1-4-12-41(3)19-32-37-16-31(39-32)25-7-9-27-26(15-25)21-45-35-28-10-8-24(14-23(28)6-11-29(27)35)30-17-38-33(40-30)20-42(13-5-2)34(44)18-36-22-43;2*1-2-4-6-5-3-1;1-4-2-3-5;1-3-2;3*1-2;2-1-3/h6-11,14-17,22H,4-5,12-13,18-21H2,1-3H3,(H,36,43)(H,37,39)(H,38,40);2*1-5H2;3-4H,2H2,1H3;1-2H3;3*1-2H;1H,(H,2,3). The van der Waals surface area contributed by atoms with Crippen molar-refractivity contribution in [3.8, 4) is 77.9 Å². The van der Waals surface area contributed by atoms with E-state index < -0.39 is 0 Å². The van der Waals surface area contributed by atoms with Crippen molar-refractivity contribution in [1.29, 1.82) is 0 Å². The number of rotatable bonds is 15. The molecule has 74 heavy (non-hydrogen) atoms. The van der Waals surface area contributed by atoms with Crippen LogP contribution in [0.15, 0.2) is 60.9 Å². The topological polar surface area (TPSA) is 213 Å². The number of amides is 2. The summed E-state index contributed by atoms with van der Waals surface area (Å²) in [5, 5.41) is 14.1. The first-order chi connectivity index (χ1) is 36.2. The molecule has 0 aliphatic carbocycles. The number of terminal acetylenes is 3. The van der Waals surface area contributed by atoms with Crippen molar-refractivity contribution in [3.05, 3.63) is 78.1 Å². The average molecular weight is 1020 g/mol. The number of carbonyl (C=O) groups excluding carboxylic acids is 3. The van der Waals surface area contributed by atoms with Gasteiger partial charge in [-0.25, -0.2) is 9.97 Å². The molecule has 0 radical (unpaired) electrons. The maximum Gasteiger partial charge on any atom is 0.290 e. The van der Waals surface area contributed by atoms with Crippen LogP contribution in [0.1, 0.15) is 82.4 Å². The van der Waals surface area contributed by atoms with Crippen LogP contribution in [0.4, 0.5) is 0 Å². The molecule has 5 N–H and O–H groups in total. The number of hydrogen-bond acceptors (Lipinski definition) is 12. The molecule has 2 amide bonds. The first-order valence-electron chi connectivity index (χ1n) is 24.5. The molecule has 8 rings (SSSR count). The number of methoxy groups -OCH3 is 1. The molecular formula is C57H80N8O9. The summed E-state index contributed by atoms with van der Waals surface area (Å²) in [7, 11) is 7.09. The normalized spacial score (nSPS) is 12.2. The monoisotopic (exact) mass is 1020 g/mol. The summed E-state index contributed by atoms with van der Waals surface area (Å²) in [5.74, 6) is 2.41. The van der Waals surface area contributed by atoms with Crippen molar-refractivity contribution >= 4 is 35.8 Å². The third-order valence-corrected chi connectivity index (χ3v) is 10.6. The molecule has 0 bridgehead atoms. The molecule has 3 aromatic carbocycles. The number of aromatic amines is 2. The highest BCUT2D eigenvalue weighted by Crippen LogP contribution is 2.44. The lowest BCUT2D eigenvalue weighted by atomic mass is 9.92. The van der Waals surface area contributed by atoms with Crippen LogP contribution >= 0.6 is 0 Å². The van der Waals surface area contributed by atoms with Gasteiger partial charge in [-0.05, 0) is 112 Å². The number of aromatic nitrogens is 4. The predicted octanol–water partition coefficient (Wildman–Crippen LogP) is 8.00. The zero-order valence-electron chi connectivity index (χ0n) is 44.4. The van der Waals surface area contributed by atoms with Crippen molar-refractivity contribution in [2.75, 3.05) is 80.9 Å². The van der Waals surface area contributed by atoms with E-state index in [4.69, 9.17) is 24.1 Å². The van der Waals surface area contributed by atoms with Crippen molar-refractivity contribution < 1.29 is 43.2 Å². The first-order valence-corrected chi connectivity index (χ1v) is 24.5. The van der Waals surface area contributed by atoms with E-state index in [1.165, 1.54) is 44.1 Å². The molecule has 0 spiro atoms. The van der Waals surface area contributed by atoms with Gasteiger partial charge in [0.05, 0.1) is 50.0 Å². The van der Waals surface area contributed by atoms with Gasteiger partial charge in [0.25, 0.3) is 6.47 Å². The van der Waals surface area contributed by atoms with Crippen molar-refractivity contribution in [3.63, 3.8) is 0 Å². The molecular weight excluding hydrogens is 941 g/mol. The number of nitrogens with zero attached hydrogens (tertiary/aromatic N) is 4. The van der Waals surface area contributed by atoms with Crippen LogP contribution < -0.4 is 15.4 Å². The molecule has 0 saturated carbocycles. The van der Waals surface area contributed by atoms with Crippen molar-refractivity contribution in [2.24, 2.45) is 0 Å². The van der Waals surface area contributed by atoms with Crippen molar-refractivity contribution in [1.82, 2.24) is 40.4 Å². The van der Waals surface area contributed by atoms with E-state index >= 15 is 0 Å². The van der Waals surface area contributed by atoms with Crippen LogP contribution in [0.5, 0.6) is 5.75 Å². The number of imidazole rings is 2. The maximum atomic E-state index is 12.5. The van der Waals surface area contributed by atoms with Crippen LogP contribution in [0.3, 0.4) is 0 Å². The number of nitrogens with one attached hydrogen (secondary N) is 4. The van der Waals surface area contributed by atoms with Gasteiger partial charge in [-0.3, -0.25) is 19.3 Å². The van der Waals surface area contributed by atoms with Gasteiger partial charge in [0.15, 0.2) is 0 Å². The molecule has 5 aromatic rings. The second-order valence-electron chi connectivity index (χ2n) is 16.2. The van der Waals surface area contributed by atoms with E-state index in [1.54, 1.807) is 32.4 Å². The number of hydrogen-bond donors (Lipinski definition) is 5. The van der Waals surface area contributed by atoms with E-state index in [1.807, 2.05) is 13.1 Å². The lowest BCUT2D eigenvalue weighted by Gasteiger charge is -2.23. The Morgan fingerprint density at radius 2 is 1.27 bits per heavy atom. The highest BCUT2D eigenvalue weighted by atomic mass is 16.5. The van der Waals surface area contributed by atoms with Crippen molar-refractivity contribution in [2.45, 2.75) is 84.9 Å². The van der Waals surface area contributed by atoms with Crippen LogP contribution in [0.2, 0.25) is 0 Å². The van der Waals surface area contributed by atoms with Gasteiger partial charge in [-0.2, -0.15) is 0 Å². The number of aldehydes is 1. The molecule has 3 aliphatic heterocycles. The molecule has 402 valence electrons. The minimum Gasteiger partial charge on any atom is -0.488 e.